The number of fused-ring (bicyclic) bond motifs is 1. The molecule has 0 aliphatic rings. The minimum atomic E-state index is -0.963. The van der Waals surface area contributed by atoms with Crippen molar-refractivity contribution in [1.82, 2.24) is 14.9 Å². The predicted molar refractivity (Wildman–Crippen MR) is 205 cm³/mol. The van der Waals surface area contributed by atoms with E-state index in [9.17, 15) is 19.5 Å². The molecule has 8 nitrogen and oxygen atoms in total. The molecular formula is C42H40N4O4S. The van der Waals surface area contributed by atoms with Crippen LogP contribution in [0.25, 0.3) is 22.2 Å². The maximum Gasteiger partial charge on any atom is 0.336 e. The van der Waals surface area contributed by atoms with E-state index in [0.29, 0.717) is 41.1 Å². The van der Waals surface area contributed by atoms with Crippen LogP contribution in [0, 0.1) is 6.92 Å². The summed E-state index contributed by atoms with van der Waals surface area (Å²) in [7, 11) is 0. The minimum absolute atomic E-state index is 0.135. The number of aromatic nitrogens is 2. The number of para-hydroxylation sites is 1. The topological polar surface area (TPSA) is 127 Å². The summed E-state index contributed by atoms with van der Waals surface area (Å²) in [5, 5.41) is 12.8. The number of hydrogen-bond acceptors (Lipinski definition) is 6. The molecular weight excluding hydrogens is 657 g/mol. The van der Waals surface area contributed by atoms with E-state index in [1.807, 2.05) is 85.8 Å². The molecule has 0 bridgehead atoms. The smallest absolute Gasteiger partial charge is 0.336 e. The van der Waals surface area contributed by atoms with Gasteiger partial charge in [-0.15, -0.1) is 0 Å². The minimum Gasteiger partial charge on any atom is -0.478 e. The number of carboxylic acid groups (broad SMARTS) is 1. The van der Waals surface area contributed by atoms with E-state index in [0.717, 1.165) is 63.7 Å². The number of nitrogen functional groups attached to an aromatic ring is 1. The number of nitrogens with one attached hydrogen (secondary N) is 1. The molecule has 0 saturated carbocycles. The van der Waals surface area contributed by atoms with E-state index in [4.69, 9.17) is 10.7 Å². The number of thioether (sulfide) groups is 1. The Kier molecular flexibility index (Phi) is 11.0. The highest BCUT2D eigenvalue weighted by Crippen LogP contribution is 2.28. The van der Waals surface area contributed by atoms with E-state index < -0.39 is 5.97 Å². The van der Waals surface area contributed by atoms with Crippen LogP contribution in [0.4, 0.5) is 5.69 Å². The van der Waals surface area contributed by atoms with E-state index in [1.54, 1.807) is 36.4 Å². The van der Waals surface area contributed by atoms with Crippen LogP contribution < -0.4 is 11.1 Å². The number of benzene rings is 5. The summed E-state index contributed by atoms with van der Waals surface area (Å²) in [4.78, 5) is 43.9. The standard InChI is InChI=1S/C42H40N4O4S/c1-3-11-38-45-39-27(2)22-31(24-37(39)46(38)25-29-18-20-30(21-19-29)33-14-7-8-15-34(33)41(48)49)40(47)44-32(23-28-12-5-4-6-13-28)26-51-42(50)35-16-9-10-17-36(35)43/h4-10,12-22,24,32H,3,11,23,25-26,43H2,1-2H3,(H,44,47)(H,48,49)/t32-/m1/s1. The number of nitrogens with two attached hydrogens (primary N) is 1. The summed E-state index contributed by atoms with van der Waals surface area (Å²) >= 11 is 1.15. The van der Waals surface area contributed by atoms with Gasteiger partial charge in [0.05, 0.1) is 22.2 Å². The van der Waals surface area contributed by atoms with E-state index >= 15 is 0 Å². The van der Waals surface area contributed by atoms with Crippen molar-refractivity contribution in [2.45, 2.75) is 45.7 Å². The van der Waals surface area contributed by atoms with Crippen molar-refractivity contribution in [1.29, 1.82) is 0 Å². The Morgan fingerprint density at radius 2 is 1.55 bits per heavy atom. The van der Waals surface area contributed by atoms with E-state index in [2.05, 4.69) is 16.8 Å². The van der Waals surface area contributed by atoms with Gasteiger partial charge in [0.15, 0.2) is 0 Å². The highest BCUT2D eigenvalue weighted by Gasteiger charge is 2.21. The highest BCUT2D eigenvalue weighted by atomic mass is 32.2. The van der Waals surface area contributed by atoms with Crippen molar-refractivity contribution in [3.8, 4) is 11.1 Å². The number of amides is 1. The summed E-state index contributed by atoms with van der Waals surface area (Å²) in [5.74, 6) is 0.125. The number of aryl methyl sites for hydroxylation is 2. The van der Waals surface area contributed by atoms with Crippen LogP contribution in [0.5, 0.6) is 0 Å². The third-order valence-corrected chi connectivity index (χ3v) is 9.93. The van der Waals surface area contributed by atoms with E-state index in [-0.39, 0.29) is 22.6 Å². The van der Waals surface area contributed by atoms with Crippen LogP contribution >= 0.6 is 11.8 Å². The molecule has 0 spiro atoms. The lowest BCUT2D eigenvalue weighted by Gasteiger charge is -2.19. The van der Waals surface area contributed by atoms with Crippen LogP contribution in [0.15, 0.2) is 115 Å². The fourth-order valence-corrected chi connectivity index (χ4v) is 7.21. The second-order valence-corrected chi connectivity index (χ2v) is 13.6. The second-order valence-electron chi connectivity index (χ2n) is 12.6. The number of hydrogen-bond donors (Lipinski definition) is 3. The maximum absolute atomic E-state index is 14.0. The fourth-order valence-electron chi connectivity index (χ4n) is 6.31. The Morgan fingerprint density at radius 3 is 2.25 bits per heavy atom. The average Bonchev–Trinajstić information content (AvgIpc) is 3.48. The lowest BCUT2D eigenvalue weighted by molar-refractivity contribution is 0.0697. The molecule has 9 heteroatoms. The van der Waals surface area contributed by atoms with Crippen molar-refractivity contribution in [3.05, 3.63) is 154 Å². The molecule has 51 heavy (non-hydrogen) atoms. The number of carboxylic acids is 1. The maximum atomic E-state index is 14.0. The molecule has 6 aromatic rings. The first-order valence-electron chi connectivity index (χ1n) is 17.0. The zero-order chi connectivity index (χ0) is 35.9. The van der Waals surface area contributed by atoms with Crippen molar-refractivity contribution in [2.75, 3.05) is 11.5 Å². The molecule has 1 aromatic heterocycles. The first-order chi connectivity index (χ1) is 24.7. The number of anilines is 1. The normalized spacial score (nSPS) is 11.7. The van der Waals surface area contributed by atoms with Gasteiger partial charge in [0.1, 0.15) is 5.82 Å². The van der Waals surface area contributed by atoms with Gasteiger partial charge in [0, 0.05) is 36.0 Å². The molecule has 6 rings (SSSR count). The van der Waals surface area contributed by atoms with Gasteiger partial charge in [-0.2, -0.15) is 0 Å². The summed E-state index contributed by atoms with van der Waals surface area (Å²) in [6.07, 6.45) is 2.24. The number of aromatic carboxylic acids is 1. The molecule has 258 valence electrons. The first kappa shape index (κ1) is 35.2. The first-order valence-corrected chi connectivity index (χ1v) is 18.0. The van der Waals surface area contributed by atoms with Crippen LogP contribution in [-0.2, 0) is 19.4 Å². The monoisotopic (exact) mass is 696 g/mol. The Hall–Kier alpha value is -5.67. The SMILES string of the molecule is CCCc1nc2c(C)cc(C(=O)N[C@@H](CSC(=O)c3ccccc3N)Cc3ccccc3)cc2n1Cc1ccc(-c2ccccc2C(=O)O)cc1. The van der Waals surface area contributed by atoms with Crippen LogP contribution in [0.3, 0.4) is 0 Å². The van der Waals surface area contributed by atoms with Gasteiger partial charge in [-0.3, -0.25) is 9.59 Å². The lowest BCUT2D eigenvalue weighted by atomic mass is 9.98. The zero-order valence-electron chi connectivity index (χ0n) is 28.6. The summed E-state index contributed by atoms with van der Waals surface area (Å²) in [6, 6.07) is 35.3. The number of imidazole rings is 1. The molecule has 0 saturated heterocycles. The van der Waals surface area contributed by atoms with Crippen molar-refractivity contribution in [2.24, 2.45) is 0 Å². The molecule has 0 aliphatic carbocycles. The third kappa shape index (κ3) is 8.22. The van der Waals surface area contributed by atoms with Crippen molar-refractivity contribution in [3.63, 3.8) is 0 Å². The number of nitrogens with zero attached hydrogens (tertiary/aromatic N) is 2. The predicted octanol–water partition coefficient (Wildman–Crippen LogP) is 8.21. The van der Waals surface area contributed by atoms with Gasteiger partial charge >= 0.3 is 5.97 Å². The van der Waals surface area contributed by atoms with Gasteiger partial charge in [-0.1, -0.05) is 104 Å². The quantitative estimate of drug-likeness (QED) is 0.104. The molecule has 1 heterocycles. The van der Waals surface area contributed by atoms with Gasteiger partial charge in [-0.25, -0.2) is 9.78 Å². The molecule has 0 aliphatic heterocycles. The number of carbonyl (C=O) groups is 3. The molecule has 5 aromatic carbocycles. The van der Waals surface area contributed by atoms with Gasteiger partial charge in [0.2, 0.25) is 5.12 Å². The van der Waals surface area contributed by atoms with Crippen molar-refractivity contribution < 1.29 is 19.5 Å². The molecule has 4 N–H and O–H groups in total. The average molecular weight is 697 g/mol. The second kappa shape index (κ2) is 15.9. The van der Waals surface area contributed by atoms with Crippen molar-refractivity contribution >= 4 is 45.5 Å². The number of carbonyl (C=O) groups excluding carboxylic acids is 2. The largest absolute Gasteiger partial charge is 0.478 e. The van der Waals surface area contributed by atoms with Crippen LogP contribution in [0.2, 0.25) is 0 Å². The molecule has 1 atom stereocenters. The van der Waals surface area contributed by atoms with Crippen LogP contribution in [0.1, 0.15) is 66.9 Å². The Balaban J connectivity index is 1.27. The summed E-state index contributed by atoms with van der Waals surface area (Å²) in [6.45, 7) is 4.63. The fraction of sp³-hybridized carbons (Fsp3) is 0.190. The lowest BCUT2D eigenvalue weighted by Crippen LogP contribution is -2.38. The Morgan fingerprint density at radius 1 is 0.863 bits per heavy atom. The van der Waals surface area contributed by atoms with Gasteiger partial charge in [-0.05, 0) is 77.9 Å². The van der Waals surface area contributed by atoms with Gasteiger partial charge in [0.25, 0.3) is 5.91 Å². The van der Waals surface area contributed by atoms with Crippen LogP contribution in [-0.4, -0.2) is 43.4 Å². The third-order valence-electron chi connectivity index (χ3n) is 8.88. The Bertz CT molecular complexity index is 2200. The molecule has 0 radical (unpaired) electrons. The zero-order valence-corrected chi connectivity index (χ0v) is 29.5. The molecule has 0 unspecified atom stereocenters. The Labute approximate surface area is 301 Å². The van der Waals surface area contributed by atoms with Gasteiger partial charge < -0.3 is 20.7 Å². The molecule has 1 amide bonds. The summed E-state index contributed by atoms with van der Waals surface area (Å²) < 4.78 is 2.17. The summed E-state index contributed by atoms with van der Waals surface area (Å²) in [5.41, 5.74) is 13.9. The number of rotatable bonds is 13. The molecule has 0 fully saturated rings. The van der Waals surface area contributed by atoms with E-state index in [1.165, 1.54) is 0 Å². The highest BCUT2D eigenvalue weighted by molar-refractivity contribution is 8.14.